The number of urea groups is 1. The van der Waals surface area contributed by atoms with Crippen LogP contribution >= 0.6 is 0 Å². The molecule has 0 saturated carbocycles. The summed E-state index contributed by atoms with van der Waals surface area (Å²) in [6, 6.07) is 3.21. The van der Waals surface area contributed by atoms with Crippen LogP contribution in [0.2, 0.25) is 0 Å². The molecule has 1 aromatic rings. The van der Waals surface area contributed by atoms with Crippen molar-refractivity contribution in [3.63, 3.8) is 0 Å². The van der Waals surface area contributed by atoms with Gasteiger partial charge in [0.1, 0.15) is 0 Å². The van der Waals surface area contributed by atoms with Crippen LogP contribution in [0.15, 0.2) is 12.1 Å². The van der Waals surface area contributed by atoms with Crippen molar-refractivity contribution in [2.24, 2.45) is 0 Å². The van der Waals surface area contributed by atoms with Gasteiger partial charge in [-0.05, 0) is 37.1 Å². The molecule has 0 aromatic heterocycles. The molecule has 1 fully saturated rings. The van der Waals surface area contributed by atoms with E-state index in [-0.39, 0.29) is 11.9 Å². The molecule has 1 atom stereocenters. The van der Waals surface area contributed by atoms with E-state index in [2.05, 4.69) is 27.4 Å². The average Bonchev–Trinajstić information content (AvgIpc) is 2.68. The topological polar surface area (TPSA) is 83.1 Å². The molecule has 2 N–H and O–H groups in total. The van der Waals surface area contributed by atoms with Crippen LogP contribution in [0.3, 0.4) is 0 Å². The van der Waals surface area contributed by atoms with Gasteiger partial charge in [-0.3, -0.25) is 19.9 Å². The Hall–Kier alpha value is -2.32. The molecule has 1 heterocycles. The lowest BCUT2D eigenvalue weighted by atomic mass is 10.1. The van der Waals surface area contributed by atoms with Gasteiger partial charge >= 0.3 is 6.03 Å². The minimum Gasteiger partial charge on any atom is -0.493 e. The average molecular weight is 378 g/mol. The SMILES string of the molecule is CNC(=O)NC(=O)[C@H](C)N1CCN(Cc2cc(OC)c(OC)cc2C)CC1. The van der Waals surface area contributed by atoms with Crippen LogP contribution < -0.4 is 20.1 Å². The van der Waals surface area contributed by atoms with Gasteiger partial charge < -0.3 is 14.8 Å². The van der Waals surface area contributed by atoms with Crippen molar-refractivity contribution in [3.05, 3.63) is 23.3 Å². The number of amides is 3. The van der Waals surface area contributed by atoms with Gasteiger partial charge in [-0.15, -0.1) is 0 Å². The lowest BCUT2D eigenvalue weighted by Gasteiger charge is -2.37. The lowest BCUT2D eigenvalue weighted by molar-refractivity contribution is -0.125. The van der Waals surface area contributed by atoms with Gasteiger partial charge in [0, 0.05) is 39.8 Å². The van der Waals surface area contributed by atoms with E-state index in [1.54, 1.807) is 14.2 Å². The fourth-order valence-electron chi connectivity index (χ4n) is 3.19. The van der Waals surface area contributed by atoms with E-state index in [1.165, 1.54) is 12.6 Å². The van der Waals surface area contributed by atoms with Crippen LogP contribution in [-0.2, 0) is 11.3 Å². The predicted octanol–water partition coefficient (Wildman–Crippen LogP) is 0.974. The number of ether oxygens (including phenoxy) is 2. The van der Waals surface area contributed by atoms with Crippen LogP contribution in [0.5, 0.6) is 11.5 Å². The number of rotatable bonds is 6. The van der Waals surface area contributed by atoms with Gasteiger partial charge in [0.25, 0.3) is 0 Å². The van der Waals surface area contributed by atoms with Gasteiger partial charge in [0.05, 0.1) is 20.3 Å². The van der Waals surface area contributed by atoms with Crippen LogP contribution in [0.1, 0.15) is 18.1 Å². The Morgan fingerprint density at radius 2 is 1.70 bits per heavy atom. The molecule has 1 aliphatic heterocycles. The van der Waals surface area contributed by atoms with Gasteiger partial charge in [-0.25, -0.2) is 4.79 Å². The Balaban J connectivity index is 1.93. The number of hydrogen-bond acceptors (Lipinski definition) is 6. The van der Waals surface area contributed by atoms with Crippen molar-refractivity contribution in [1.29, 1.82) is 0 Å². The molecule has 0 aliphatic carbocycles. The first-order valence-electron chi connectivity index (χ1n) is 9.10. The minimum absolute atomic E-state index is 0.279. The number of carbonyl (C=O) groups is 2. The third-order valence-electron chi connectivity index (χ3n) is 5.03. The van der Waals surface area contributed by atoms with E-state index < -0.39 is 6.03 Å². The van der Waals surface area contributed by atoms with Gasteiger partial charge in [-0.1, -0.05) is 0 Å². The number of aryl methyl sites for hydroxylation is 1. The highest BCUT2D eigenvalue weighted by Gasteiger charge is 2.26. The van der Waals surface area contributed by atoms with Gasteiger partial charge in [-0.2, -0.15) is 0 Å². The van der Waals surface area contributed by atoms with Crippen LogP contribution in [0.4, 0.5) is 4.79 Å². The molecule has 3 amide bonds. The van der Waals surface area contributed by atoms with Crippen LogP contribution in [0, 0.1) is 6.92 Å². The molecule has 8 nitrogen and oxygen atoms in total. The van der Waals surface area contributed by atoms with Crippen molar-refractivity contribution in [3.8, 4) is 11.5 Å². The van der Waals surface area contributed by atoms with Gasteiger partial charge in [0.2, 0.25) is 5.91 Å². The number of imide groups is 1. The number of carbonyl (C=O) groups excluding carboxylic acids is 2. The number of nitrogens with zero attached hydrogens (tertiary/aromatic N) is 2. The van der Waals surface area contributed by atoms with Crippen LogP contribution in [-0.4, -0.2) is 75.2 Å². The predicted molar refractivity (Wildman–Crippen MR) is 103 cm³/mol. The maximum Gasteiger partial charge on any atom is 0.321 e. The zero-order chi connectivity index (χ0) is 20.0. The highest BCUT2D eigenvalue weighted by atomic mass is 16.5. The number of methoxy groups -OCH3 is 2. The highest BCUT2D eigenvalue weighted by Crippen LogP contribution is 2.31. The Morgan fingerprint density at radius 1 is 1.11 bits per heavy atom. The zero-order valence-corrected chi connectivity index (χ0v) is 16.8. The Morgan fingerprint density at radius 3 is 2.26 bits per heavy atom. The summed E-state index contributed by atoms with van der Waals surface area (Å²) in [4.78, 5) is 27.9. The number of piperazine rings is 1. The largest absolute Gasteiger partial charge is 0.493 e. The normalized spacial score (nSPS) is 16.5. The third-order valence-corrected chi connectivity index (χ3v) is 5.03. The van der Waals surface area contributed by atoms with Crippen molar-refractivity contribution in [2.45, 2.75) is 26.4 Å². The molecule has 1 aliphatic rings. The first-order chi connectivity index (χ1) is 12.9. The molecule has 8 heteroatoms. The quantitative estimate of drug-likeness (QED) is 0.768. The van der Waals surface area contributed by atoms with Crippen LogP contribution in [0.25, 0.3) is 0 Å². The fraction of sp³-hybridized carbons (Fsp3) is 0.579. The molecule has 0 spiro atoms. The molecule has 1 saturated heterocycles. The van der Waals surface area contributed by atoms with E-state index in [4.69, 9.17) is 9.47 Å². The van der Waals surface area contributed by atoms with Crippen molar-refractivity contribution in [2.75, 3.05) is 47.4 Å². The molecule has 27 heavy (non-hydrogen) atoms. The first kappa shape index (κ1) is 21.0. The molecule has 0 radical (unpaired) electrons. The summed E-state index contributed by atoms with van der Waals surface area (Å²) < 4.78 is 10.8. The van der Waals surface area contributed by atoms with E-state index in [0.717, 1.165) is 49.8 Å². The summed E-state index contributed by atoms with van der Waals surface area (Å²) in [6.07, 6.45) is 0. The Labute approximate surface area is 160 Å². The number of nitrogens with one attached hydrogen (secondary N) is 2. The molecule has 150 valence electrons. The summed E-state index contributed by atoms with van der Waals surface area (Å²) in [5.74, 6) is 1.19. The smallest absolute Gasteiger partial charge is 0.321 e. The first-order valence-corrected chi connectivity index (χ1v) is 9.10. The van der Waals surface area contributed by atoms with Crippen molar-refractivity contribution in [1.82, 2.24) is 20.4 Å². The highest BCUT2D eigenvalue weighted by molar-refractivity contribution is 5.96. The molecule has 0 bridgehead atoms. The summed E-state index contributed by atoms with van der Waals surface area (Å²) in [6.45, 7) is 7.96. The van der Waals surface area contributed by atoms with E-state index >= 15 is 0 Å². The summed E-state index contributed by atoms with van der Waals surface area (Å²) in [5, 5.41) is 4.73. The molecular formula is C19H30N4O4. The Kier molecular flexibility index (Phi) is 7.44. The molecule has 2 rings (SSSR count). The van der Waals surface area contributed by atoms with E-state index in [9.17, 15) is 9.59 Å². The third kappa shape index (κ3) is 5.33. The second-order valence-electron chi connectivity index (χ2n) is 6.69. The van der Waals surface area contributed by atoms with E-state index in [0.29, 0.717) is 0 Å². The fourth-order valence-corrected chi connectivity index (χ4v) is 3.19. The maximum atomic E-state index is 12.1. The molecule has 1 aromatic carbocycles. The standard InChI is InChI=1S/C19H30N4O4/c1-13-10-16(26-4)17(27-5)11-15(13)12-22-6-8-23(9-7-22)14(2)18(24)21-19(25)20-3/h10-11,14H,6-9,12H2,1-5H3,(H2,20,21,24,25)/t14-/m0/s1. The Bertz CT molecular complexity index is 672. The van der Waals surface area contributed by atoms with E-state index in [1.807, 2.05) is 19.1 Å². The summed E-state index contributed by atoms with van der Waals surface area (Å²) in [7, 11) is 4.76. The second-order valence-corrected chi connectivity index (χ2v) is 6.69. The van der Waals surface area contributed by atoms with Gasteiger partial charge in [0.15, 0.2) is 11.5 Å². The zero-order valence-electron chi connectivity index (χ0n) is 16.8. The number of benzene rings is 1. The monoisotopic (exact) mass is 378 g/mol. The minimum atomic E-state index is -0.477. The lowest BCUT2D eigenvalue weighted by Crippen LogP contribution is -2.55. The van der Waals surface area contributed by atoms with Crippen molar-refractivity contribution < 1.29 is 19.1 Å². The maximum absolute atomic E-state index is 12.1. The molecular weight excluding hydrogens is 348 g/mol. The molecule has 0 unspecified atom stereocenters. The van der Waals surface area contributed by atoms with Crippen molar-refractivity contribution >= 4 is 11.9 Å². The second kappa shape index (κ2) is 9.57. The summed E-state index contributed by atoms with van der Waals surface area (Å²) >= 11 is 0. The number of hydrogen-bond donors (Lipinski definition) is 2. The summed E-state index contributed by atoms with van der Waals surface area (Å²) in [5.41, 5.74) is 2.36.